The molecule has 0 spiro atoms. The Labute approximate surface area is 104 Å². The van der Waals surface area contributed by atoms with Crippen molar-refractivity contribution >= 4 is 17.1 Å². The maximum atomic E-state index is 12.0. The Kier molecular flexibility index (Phi) is 3.89. The summed E-state index contributed by atoms with van der Waals surface area (Å²) in [6, 6.07) is 5.90. The van der Waals surface area contributed by atoms with Crippen molar-refractivity contribution < 1.29 is 9.53 Å². The molecule has 1 atom stereocenters. The van der Waals surface area contributed by atoms with Crippen LogP contribution in [0.25, 0.3) is 0 Å². The Balaban J connectivity index is 1.93. The van der Waals surface area contributed by atoms with Gasteiger partial charge in [-0.25, -0.2) is 0 Å². The number of thiophene rings is 1. The maximum absolute atomic E-state index is 12.0. The molecule has 1 aliphatic heterocycles. The van der Waals surface area contributed by atoms with Gasteiger partial charge in [-0.05, 0) is 19.1 Å². The fraction of sp³-hybridized carbons (Fsp3) is 0.500. The molecular weight excluding hydrogens is 236 g/mol. The van der Waals surface area contributed by atoms with E-state index in [1.54, 1.807) is 0 Å². The normalized spacial score (nSPS) is 21.1. The molecular formula is C12H14N2O2S. The lowest BCUT2D eigenvalue weighted by Crippen LogP contribution is -2.44. The second-order valence-corrected chi connectivity index (χ2v) is 5.35. The first-order valence-electron chi connectivity index (χ1n) is 5.52. The number of carbonyl (C=O) groups excluding carboxylic acids is 1. The minimum absolute atomic E-state index is 0.127. The summed E-state index contributed by atoms with van der Waals surface area (Å²) in [5.74, 6) is 0.127. The average molecular weight is 250 g/mol. The molecule has 5 heteroatoms. The molecule has 90 valence electrons. The number of hydrogen-bond acceptors (Lipinski definition) is 5. The van der Waals surface area contributed by atoms with E-state index >= 15 is 0 Å². The monoisotopic (exact) mass is 250 g/mol. The van der Waals surface area contributed by atoms with Crippen LogP contribution in [0.4, 0.5) is 0 Å². The molecule has 0 radical (unpaired) electrons. The number of ketones is 1. The number of hydrogen-bond donors (Lipinski definition) is 0. The molecule has 17 heavy (non-hydrogen) atoms. The highest BCUT2D eigenvalue weighted by atomic mass is 32.1. The van der Waals surface area contributed by atoms with Gasteiger partial charge in [0, 0.05) is 18.0 Å². The quantitative estimate of drug-likeness (QED) is 0.762. The predicted molar refractivity (Wildman–Crippen MR) is 65.2 cm³/mol. The lowest BCUT2D eigenvalue weighted by atomic mass is 10.2. The number of ether oxygens (including phenoxy) is 1. The zero-order valence-corrected chi connectivity index (χ0v) is 10.5. The van der Waals surface area contributed by atoms with Crippen LogP contribution in [-0.2, 0) is 4.74 Å². The largest absolute Gasteiger partial charge is 0.361 e. The van der Waals surface area contributed by atoms with Gasteiger partial charge in [-0.3, -0.25) is 9.69 Å². The van der Waals surface area contributed by atoms with Crippen molar-refractivity contribution in [1.82, 2.24) is 4.90 Å². The van der Waals surface area contributed by atoms with E-state index in [1.165, 1.54) is 11.3 Å². The Morgan fingerprint density at radius 2 is 2.53 bits per heavy atom. The van der Waals surface area contributed by atoms with E-state index in [1.807, 2.05) is 24.0 Å². The van der Waals surface area contributed by atoms with Crippen molar-refractivity contribution in [2.75, 3.05) is 26.2 Å². The molecule has 1 fully saturated rings. The van der Waals surface area contributed by atoms with Gasteiger partial charge < -0.3 is 4.74 Å². The molecule has 0 N–H and O–H groups in total. The summed E-state index contributed by atoms with van der Waals surface area (Å²) in [4.78, 5) is 15.9. The van der Waals surface area contributed by atoms with Gasteiger partial charge in [-0.2, -0.15) is 5.26 Å². The Morgan fingerprint density at radius 3 is 3.18 bits per heavy atom. The molecule has 1 aromatic heterocycles. The fourth-order valence-corrected chi connectivity index (χ4v) is 2.59. The molecule has 1 unspecified atom stereocenters. The maximum Gasteiger partial charge on any atom is 0.186 e. The van der Waals surface area contributed by atoms with Crippen molar-refractivity contribution in [3.05, 3.63) is 21.9 Å². The number of Topliss-reactive ketones (excluding diaryl/α,β-unsaturated/α-hetero) is 1. The zero-order valence-electron chi connectivity index (χ0n) is 9.68. The van der Waals surface area contributed by atoms with Crippen LogP contribution in [0.15, 0.2) is 12.1 Å². The van der Waals surface area contributed by atoms with E-state index in [0.717, 1.165) is 9.75 Å². The van der Waals surface area contributed by atoms with Gasteiger partial charge in [0.05, 0.1) is 24.1 Å². The number of rotatable bonds is 3. The highest BCUT2D eigenvalue weighted by Crippen LogP contribution is 2.16. The van der Waals surface area contributed by atoms with Crippen LogP contribution in [0.2, 0.25) is 0 Å². The van der Waals surface area contributed by atoms with Gasteiger partial charge in [-0.15, -0.1) is 11.3 Å². The second-order valence-electron chi connectivity index (χ2n) is 4.06. The van der Waals surface area contributed by atoms with Crippen molar-refractivity contribution in [3.63, 3.8) is 0 Å². The van der Waals surface area contributed by atoms with Crippen molar-refractivity contribution in [2.24, 2.45) is 0 Å². The minimum Gasteiger partial charge on any atom is -0.361 e. The van der Waals surface area contributed by atoms with Gasteiger partial charge in [0.2, 0.25) is 0 Å². The van der Waals surface area contributed by atoms with Crippen molar-refractivity contribution in [3.8, 4) is 6.07 Å². The highest BCUT2D eigenvalue weighted by Gasteiger charge is 2.22. The van der Waals surface area contributed by atoms with Gasteiger partial charge in [0.1, 0.15) is 0 Å². The van der Waals surface area contributed by atoms with Crippen LogP contribution in [0.1, 0.15) is 14.5 Å². The smallest absolute Gasteiger partial charge is 0.186 e. The standard InChI is InChI=1S/C12H14N2O2S/c1-9-2-3-12(17-9)11(15)8-14-4-5-16-10(6-13)7-14/h2-3,10H,4-5,7-8H2,1H3. The summed E-state index contributed by atoms with van der Waals surface area (Å²) >= 11 is 1.52. The van der Waals surface area contributed by atoms with Gasteiger partial charge in [0.25, 0.3) is 0 Å². The van der Waals surface area contributed by atoms with E-state index < -0.39 is 6.10 Å². The van der Waals surface area contributed by atoms with Crippen molar-refractivity contribution in [1.29, 1.82) is 5.26 Å². The first-order valence-corrected chi connectivity index (χ1v) is 6.34. The van der Waals surface area contributed by atoms with Crippen LogP contribution in [-0.4, -0.2) is 43.0 Å². The zero-order chi connectivity index (χ0) is 12.3. The van der Waals surface area contributed by atoms with E-state index in [4.69, 9.17) is 10.00 Å². The molecule has 0 bridgehead atoms. The minimum atomic E-state index is -0.401. The SMILES string of the molecule is Cc1ccc(C(=O)CN2CCOC(C#N)C2)s1. The molecule has 1 aliphatic rings. The molecule has 4 nitrogen and oxygen atoms in total. The molecule has 1 saturated heterocycles. The van der Waals surface area contributed by atoms with E-state index in [9.17, 15) is 4.79 Å². The number of aryl methyl sites for hydroxylation is 1. The number of nitrogens with zero attached hydrogens (tertiary/aromatic N) is 2. The van der Waals surface area contributed by atoms with Crippen LogP contribution >= 0.6 is 11.3 Å². The molecule has 2 rings (SSSR count). The molecule has 0 saturated carbocycles. The van der Waals surface area contributed by atoms with Gasteiger partial charge >= 0.3 is 0 Å². The lowest BCUT2D eigenvalue weighted by molar-refractivity contribution is 0.00246. The summed E-state index contributed by atoms with van der Waals surface area (Å²) in [6.07, 6.45) is -0.401. The summed E-state index contributed by atoms with van der Waals surface area (Å²) in [5, 5.41) is 8.78. The second kappa shape index (κ2) is 5.41. The Morgan fingerprint density at radius 1 is 1.71 bits per heavy atom. The number of nitriles is 1. The molecule has 0 amide bonds. The first-order chi connectivity index (χ1) is 8.19. The van der Waals surface area contributed by atoms with Gasteiger partial charge in [0.15, 0.2) is 11.9 Å². The van der Waals surface area contributed by atoms with E-state index in [2.05, 4.69) is 6.07 Å². The van der Waals surface area contributed by atoms with Crippen molar-refractivity contribution in [2.45, 2.75) is 13.0 Å². The Hall–Kier alpha value is -1.22. The number of carbonyl (C=O) groups is 1. The summed E-state index contributed by atoms with van der Waals surface area (Å²) in [6.45, 7) is 4.12. The van der Waals surface area contributed by atoms with Crippen LogP contribution in [0.5, 0.6) is 0 Å². The third-order valence-electron chi connectivity index (χ3n) is 2.68. The Bertz CT molecular complexity index is 450. The topological polar surface area (TPSA) is 53.3 Å². The molecule has 0 aromatic carbocycles. The molecule has 1 aromatic rings. The lowest BCUT2D eigenvalue weighted by Gasteiger charge is -2.28. The third-order valence-corrected chi connectivity index (χ3v) is 3.72. The van der Waals surface area contributed by atoms with Crippen LogP contribution in [0, 0.1) is 18.3 Å². The summed E-state index contributed by atoms with van der Waals surface area (Å²) in [7, 11) is 0. The van der Waals surface area contributed by atoms with Crippen LogP contribution in [0.3, 0.4) is 0 Å². The number of morpholine rings is 1. The molecule has 0 aliphatic carbocycles. The average Bonchev–Trinajstić information content (AvgIpc) is 2.76. The van der Waals surface area contributed by atoms with E-state index in [-0.39, 0.29) is 5.78 Å². The summed E-state index contributed by atoms with van der Waals surface area (Å²) < 4.78 is 5.24. The predicted octanol–water partition coefficient (Wildman–Crippen LogP) is 1.46. The first kappa shape index (κ1) is 12.2. The summed E-state index contributed by atoms with van der Waals surface area (Å²) in [5.41, 5.74) is 0. The van der Waals surface area contributed by atoms with Crippen LogP contribution < -0.4 is 0 Å². The third kappa shape index (κ3) is 3.13. The van der Waals surface area contributed by atoms with Gasteiger partial charge in [-0.1, -0.05) is 0 Å². The fourth-order valence-electron chi connectivity index (χ4n) is 1.79. The van der Waals surface area contributed by atoms with E-state index in [0.29, 0.717) is 26.2 Å². The molecule has 2 heterocycles. The highest BCUT2D eigenvalue weighted by molar-refractivity contribution is 7.14.